The number of amides is 1. The van der Waals surface area contributed by atoms with E-state index < -0.39 is 20.7 Å². The third kappa shape index (κ3) is 8.67. The molecule has 1 fully saturated rings. The van der Waals surface area contributed by atoms with E-state index in [9.17, 15) is 23.7 Å². The molecule has 55 heavy (non-hydrogen) atoms. The average molecular weight is 789 g/mol. The molecule has 1 aliphatic heterocycles. The van der Waals surface area contributed by atoms with Crippen LogP contribution in [0.2, 0.25) is 0 Å². The molecule has 1 amide bonds. The Bertz CT molecular complexity index is 2260. The summed E-state index contributed by atoms with van der Waals surface area (Å²) in [5.74, 6) is 0.957. The number of carbonyl (C=O) groups is 1. The van der Waals surface area contributed by atoms with Crippen molar-refractivity contribution in [3.63, 3.8) is 0 Å². The van der Waals surface area contributed by atoms with Crippen LogP contribution >= 0.6 is 11.8 Å². The van der Waals surface area contributed by atoms with E-state index in [0.717, 1.165) is 11.8 Å². The number of ether oxygens (including phenoxy) is 4. The van der Waals surface area contributed by atoms with Crippen molar-refractivity contribution < 1.29 is 41.7 Å². The molecule has 0 saturated carbocycles. The van der Waals surface area contributed by atoms with Crippen LogP contribution in [0.15, 0.2) is 92.5 Å². The first kappa shape index (κ1) is 38.6. The Hall–Kier alpha value is -6.10. The van der Waals surface area contributed by atoms with Gasteiger partial charge in [0.15, 0.2) is 22.5 Å². The zero-order chi connectivity index (χ0) is 39.0. The fourth-order valence-electron chi connectivity index (χ4n) is 5.75. The van der Waals surface area contributed by atoms with Gasteiger partial charge in [0.05, 0.1) is 42.8 Å². The summed E-state index contributed by atoms with van der Waals surface area (Å²) >= 11 is 1.15. The molecule has 1 N–H and O–H groups in total. The molecule has 6 rings (SSSR count). The van der Waals surface area contributed by atoms with Gasteiger partial charge >= 0.3 is 10.9 Å². The Morgan fingerprint density at radius 1 is 0.982 bits per heavy atom. The molecule has 1 saturated heterocycles. The topological polar surface area (TPSA) is 209 Å². The predicted molar refractivity (Wildman–Crippen MR) is 198 cm³/mol. The third-order valence-corrected chi connectivity index (χ3v) is 11.1. The van der Waals surface area contributed by atoms with Gasteiger partial charge in [0.1, 0.15) is 18.2 Å². The molecule has 0 bridgehead atoms. The second-order valence-electron chi connectivity index (χ2n) is 11.8. The Balaban J connectivity index is 1.09. The number of nitriles is 1. The number of rotatable bonds is 15. The summed E-state index contributed by atoms with van der Waals surface area (Å²) in [7, 11) is 0.282. The number of hydrogen-bond acceptors (Lipinski definition) is 16. The molecule has 2 aromatic heterocycles. The van der Waals surface area contributed by atoms with Gasteiger partial charge in [-0.3, -0.25) is 14.3 Å². The number of aromatic nitrogens is 4. The van der Waals surface area contributed by atoms with E-state index in [1.165, 1.54) is 45.6 Å². The molecular formula is C36H36N8O9S2. The van der Waals surface area contributed by atoms with Crippen molar-refractivity contribution in [2.75, 3.05) is 71.7 Å². The highest BCUT2D eigenvalue weighted by Gasteiger charge is 2.36. The quantitative estimate of drug-likeness (QED) is 0.0914. The van der Waals surface area contributed by atoms with Gasteiger partial charge < -0.3 is 34.4 Å². The van der Waals surface area contributed by atoms with E-state index in [2.05, 4.69) is 26.2 Å². The van der Waals surface area contributed by atoms with Crippen LogP contribution in [0.3, 0.4) is 0 Å². The molecule has 0 atom stereocenters. The highest BCUT2D eigenvalue weighted by Crippen LogP contribution is 2.41. The SMILES string of the molecule is COc1cc(Nc2nc(SCC(=O)N3CCN(CCOc4no[n+]([O-])c4S(=O)(=O)c4ccccc4)CC3)nc(-c3ccccc3)c2C#N)cc(OC)c1OC. The first-order valence-electron chi connectivity index (χ1n) is 16.8. The highest BCUT2D eigenvalue weighted by molar-refractivity contribution is 7.99. The number of sulfone groups is 1. The maximum absolute atomic E-state index is 13.4. The lowest BCUT2D eigenvalue weighted by Gasteiger charge is -2.34. The summed E-state index contributed by atoms with van der Waals surface area (Å²) in [6, 6.07) is 22.3. The summed E-state index contributed by atoms with van der Waals surface area (Å²) in [6.45, 7) is 2.35. The van der Waals surface area contributed by atoms with Crippen molar-refractivity contribution in [3.8, 4) is 40.5 Å². The lowest BCUT2D eigenvalue weighted by atomic mass is 10.1. The van der Waals surface area contributed by atoms with Crippen molar-refractivity contribution in [3.05, 3.63) is 83.6 Å². The van der Waals surface area contributed by atoms with Crippen LogP contribution in [-0.2, 0) is 14.6 Å². The van der Waals surface area contributed by atoms with Crippen LogP contribution in [-0.4, -0.2) is 106 Å². The smallest absolute Gasteiger partial charge is 0.415 e. The Morgan fingerprint density at radius 3 is 2.25 bits per heavy atom. The largest absolute Gasteiger partial charge is 0.493 e. The monoisotopic (exact) mass is 788 g/mol. The molecular weight excluding hydrogens is 753 g/mol. The number of thioether (sulfide) groups is 1. The van der Waals surface area contributed by atoms with Crippen LogP contribution in [0.1, 0.15) is 5.56 Å². The Morgan fingerprint density at radius 2 is 1.64 bits per heavy atom. The normalized spacial score (nSPS) is 13.2. The number of methoxy groups -OCH3 is 3. The first-order valence-corrected chi connectivity index (χ1v) is 19.2. The summed E-state index contributed by atoms with van der Waals surface area (Å²) in [5.41, 5.74) is 1.83. The van der Waals surface area contributed by atoms with Crippen molar-refractivity contribution in [1.82, 2.24) is 24.9 Å². The molecule has 0 aliphatic carbocycles. The fourth-order valence-corrected chi connectivity index (χ4v) is 7.79. The number of hydrogen-bond donors (Lipinski definition) is 1. The lowest BCUT2D eigenvalue weighted by Crippen LogP contribution is -2.50. The number of piperazine rings is 1. The third-order valence-electron chi connectivity index (χ3n) is 8.53. The standard InChI is InChI=1S/C36H36N8O9S2/c1-49-28-20-25(21-29(50-2)32(28)51-3)38-33-27(22-37)31(24-10-6-4-7-11-24)39-36(40-33)54-23-30(45)43-16-14-42(15-17-43)18-19-52-34-35(44(46)53-41-34)55(47,48)26-12-8-5-9-13-26/h4-13,20-21H,14-19,23H2,1-3H3,(H,38,39,40). The minimum atomic E-state index is -4.23. The molecule has 3 heterocycles. The second kappa shape index (κ2) is 17.4. The van der Waals surface area contributed by atoms with Gasteiger partial charge in [0, 0.05) is 56.1 Å². The van der Waals surface area contributed by atoms with Gasteiger partial charge in [-0.05, 0) is 17.0 Å². The molecule has 286 valence electrons. The van der Waals surface area contributed by atoms with E-state index in [1.54, 1.807) is 23.1 Å². The molecule has 1 aliphatic rings. The van der Waals surface area contributed by atoms with Crippen molar-refractivity contribution >= 4 is 39.0 Å². The first-order chi connectivity index (χ1) is 26.7. The molecule has 17 nitrogen and oxygen atoms in total. The van der Waals surface area contributed by atoms with Gasteiger partial charge in [-0.15, -0.1) is 0 Å². The molecule has 0 spiro atoms. The highest BCUT2D eigenvalue weighted by atomic mass is 32.2. The van der Waals surface area contributed by atoms with Crippen LogP contribution in [0.25, 0.3) is 11.3 Å². The number of nitrogens with zero attached hydrogens (tertiary/aromatic N) is 7. The fraction of sp³-hybridized carbons (Fsp3) is 0.278. The van der Waals surface area contributed by atoms with Crippen molar-refractivity contribution in [2.24, 2.45) is 0 Å². The maximum atomic E-state index is 13.4. The van der Waals surface area contributed by atoms with Crippen LogP contribution in [0, 0.1) is 16.5 Å². The van der Waals surface area contributed by atoms with Crippen molar-refractivity contribution in [2.45, 2.75) is 15.1 Å². The predicted octanol–water partition coefficient (Wildman–Crippen LogP) is 3.55. The van der Waals surface area contributed by atoms with Crippen molar-refractivity contribution in [1.29, 1.82) is 5.26 Å². The number of benzene rings is 3. The molecule has 0 radical (unpaired) electrons. The minimum absolute atomic E-state index is 0.0277. The van der Waals surface area contributed by atoms with Gasteiger partial charge in [0.25, 0.3) is 9.84 Å². The van der Waals surface area contributed by atoms with Gasteiger partial charge in [-0.1, -0.05) is 60.3 Å². The summed E-state index contributed by atoms with van der Waals surface area (Å²) in [4.78, 5) is 26.2. The van der Waals surface area contributed by atoms with E-state index in [-0.39, 0.29) is 44.6 Å². The number of anilines is 2. The Kier molecular flexibility index (Phi) is 12.2. The van der Waals surface area contributed by atoms with Gasteiger partial charge in [-0.25, -0.2) is 18.4 Å². The minimum Gasteiger partial charge on any atom is -0.493 e. The number of carbonyl (C=O) groups excluding carboxylic acids is 1. The summed E-state index contributed by atoms with van der Waals surface area (Å²) < 4.78 is 52.6. The van der Waals surface area contributed by atoms with E-state index in [4.69, 9.17) is 23.9 Å². The zero-order valence-electron chi connectivity index (χ0n) is 30.0. The molecule has 0 unspecified atom stereocenters. The van der Waals surface area contributed by atoms with Crippen LogP contribution in [0.5, 0.6) is 23.1 Å². The van der Waals surface area contributed by atoms with Gasteiger partial charge in [-0.2, -0.15) is 5.26 Å². The van der Waals surface area contributed by atoms with E-state index >= 15 is 0 Å². The van der Waals surface area contributed by atoms with Crippen LogP contribution < -0.4 is 29.2 Å². The second-order valence-corrected chi connectivity index (χ2v) is 14.6. The molecule has 5 aromatic rings. The zero-order valence-corrected chi connectivity index (χ0v) is 31.6. The van der Waals surface area contributed by atoms with E-state index in [0.29, 0.717) is 66.9 Å². The van der Waals surface area contributed by atoms with Gasteiger partial charge in [0.2, 0.25) is 11.7 Å². The summed E-state index contributed by atoms with van der Waals surface area (Å²) in [6.07, 6.45) is 0. The lowest BCUT2D eigenvalue weighted by molar-refractivity contribution is -0.832. The molecule has 3 aromatic carbocycles. The number of nitrogens with one attached hydrogen (secondary N) is 1. The maximum Gasteiger partial charge on any atom is 0.415 e. The average Bonchev–Trinajstić information content (AvgIpc) is 3.60. The Labute approximate surface area is 320 Å². The van der Waals surface area contributed by atoms with E-state index in [1.807, 2.05) is 35.2 Å². The van der Waals surface area contributed by atoms with Crippen LogP contribution in [0.4, 0.5) is 11.5 Å². The summed E-state index contributed by atoms with van der Waals surface area (Å²) in [5, 5.41) is 28.7. The molecule has 19 heteroatoms.